The van der Waals surface area contributed by atoms with E-state index in [0.717, 1.165) is 23.0 Å². The third kappa shape index (κ3) is 2.70. The Hall–Kier alpha value is 0.277. The fraction of sp³-hybridized carbons (Fsp3) is 0.429. The normalized spacial score (nSPS) is 16.5. The summed E-state index contributed by atoms with van der Waals surface area (Å²) in [4.78, 5) is 0. The van der Waals surface area contributed by atoms with Crippen LogP contribution in [0.5, 0.6) is 23.0 Å². The molecule has 2 aromatic heterocycles. The topological polar surface area (TPSA) is 36.9 Å². The highest BCUT2D eigenvalue weighted by atomic mass is 127. The van der Waals surface area contributed by atoms with Gasteiger partial charge in [-0.3, -0.25) is 0 Å². The third-order valence-corrected chi connectivity index (χ3v) is 14.1. The number of halogens is 2. The molecule has 23 heavy (non-hydrogen) atoms. The first-order chi connectivity index (χ1) is 11.0. The van der Waals surface area contributed by atoms with Gasteiger partial charge in [0.25, 0.3) is 0 Å². The quantitative estimate of drug-likeness (QED) is 0.396. The van der Waals surface area contributed by atoms with E-state index in [1.165, 1.54) is 14.8 Å². The molecule has 2 aromatic rings. The van der Waals surface area contributed by atoms with Crippen molar-refractivity contribution in [2.45, 2.75) is 13.1 Å². The van der Waals surface area contributed by atoms with E-state index in [1.54, 1.807) is 22.7 Å². The SMILES string of the molecule is C[Si](C)(c1sc(I)c2c1OCCO2)c1sc(I)c2c1OCCO2. The number of rotatable bonds is 2. The minimum Gasteiger partial charge on any atom is -0.485 e. The van der Waals surface area contributed by atoms with Crippen LogP contribution in [0.2, 0.25) is 13.1 Å². The zero-order valence-corrected chi connectivity index (χ0v) is 19.5. The lowest BCUT2D eigenvalue weighted by atomic mass is 10.5. The molecule has 0 saturated heterocycles. The molecular formula is C14H14I2O4S2Si. The molecule has 0 aromatic carbocycles. The Morgan fingerprint density at radius 2 is 1.04 bits per heavy atom. The molecule has 4 heterocycles. The lowest BCUT2D eigenvalue weighted by Gasteiger charge is -2.25. The average molecular weight is 592 g/mol. The summed E-state index contributed by atoms with van der Waals surface area (Å²) in [6.07, 6.45) is 0. The Kier molecular flexibility index (Phi) is 4.52. The Bertz CT molecular complexity index is 709. The van der Waals surface area contributed by atoms with Crippen LogP contribution in [0.15, 0.2) is 0 Å². The van der Waals surface area contributed by atoms with Gasteiger partial charge in [0, 0.05) is 9.00 Å². The van der Waals surface area contributed by atoms with Crippen molar-refractivity contribution >= 4 is 84.9 Å². The van der Waals surface area contributed by atoms with Gasteiger partial charge in [0.15, 0.2) is 23.0 Å². The molecule has 2 aliphatic rings. The Morgan fingerprint density at radius 1 is 0.696 bits per heavy atom. The van der Waals surface area contributed by atoms with E-state index < -0.39 is 8.07 Å². The third-order valence-electron chi connectivity index (χ3n) is 3.85. The van der Waals surface area contributed by atoms with Crippen molar-refractivity contribution in [3.05, 3.63) is 5.77 Å². The van der Waals surface area contributed by atoms with Crippen molar-refractivity contribution in [2.75, 3.05) is 26.4 Å². The second-order valence-electron chi connectivity index (χ2n) is 5.75. The van der Waals surface area contributed by atoms with Crippen molar-refractivity contribution < 1.29 is 18.9 Å². The molecule has 0 amide bonds. The molecular weight excluding hydrogens is 578 g/mol. The zero-order valence-electron chi connectivity index (χ0n) is 12.5. The second-order valence-corrected chi connectivity index (χ2v) is 16.4. The highest BCUT2D eigenvalue weighted by Crippen LogP contribution is 2.44. The largest absolute Gasteiger partial charge is 0.485 e. The maximum absolute atomic E-state index is 5.98. The molecule has 124 valence electrons. The van der Waals surface area contributed by atoms with Crippen LogP contribution in [0.1, 0.15) is 0 Å². The van der Waals surface area contributed by atoms with Gasteiger partial charge in [-0.1, -0.05) is 13.1 Å². The number of ether oxygens (including phenoxy) is 4. The summed E-state index contributed by atoms with van der Waals surface area (Å²) in [5, 5.41) is 0. The van der Waals surface area contributed by atoms with Crippen molar-refractivity contribution in [1.82, 2.24) is 0 Å². The van der Waals surface area contributed by atoms with Gasteiger partial charge in [-0.2, -0.15) is 0 Å². The molecule has 0 saturated carbocycles. The fourth-order valence-electron chi connectivity index (χ4n) is 2.76. The maximum Gasteiger partial charge on any atom is 0.185 e. The van der Waals surface area contributed by atoms with Crippen molar-refractivity contribution in [1.29, 1.82) is 0 Å². The smallest absolute Gasteiger partial charge is 0.185 e. The molecule has 0 spiro atoms. The standard InChI is InChI=1S/C14H14I2O4S2Si/c1-23(2,13-9-7(11(15)21-13)17-3-5-19-9)14-10-8(12(16)22-14)18-4-6-20-10/h3-6H2,1-2H3. The number of hydrogen-bond donors (Lipinski definition) is 0. The van der Waals surface area contributed by atoms with Crippen molar-refractivity contribution in [3.8, 4) is 23.0 Å². The van der Waals surface area contributed by atoms with Gasteiger partial charge in [0.05, 0.1) is 0 Å². The minimum absolute atomic E-state index is 0.622. The van der Waals surface area contributed by atoms with Gasteiger partial charge in [0.2, 0.25) is 0 Å². The van der Waals surface area contributed by atoms with E-state index in [9.17, 15) is 0 Å². The summed E-state index contributed by atoms with van der Waals surface area (Å²) >= 11 is 8.30. The van der Waals surface area contributed by atoms with Gasteiger partial charge in [0.1, 0.15) is 40.3 Å². The second kappa shape index (κ2) is 6.22. The van der Waals surface area contributed by atoms with Gasteiger partial charge in [-0.25, -0.2) is 0 Å². The number of thiophene rings is 2. The summed E-state index contributed by atoms with van der Waals surface area (Å²) in [5.41, 5.74) is 0. The molecule has 9 heteroatoms. The number of hydrogen-bond acceptors (Lipinski definition) is 6. The minimum atomic E-state index is -1.96. The first kappa shape index (κ1) is 16.7. The predicted molar refractivity (Wildman–Crippen MR) is 113 cm³/mol. The van der Waals surface area contributed by atoms with Crippen LogP contribution in [0.3, 0.4) is 0 Å². The van der Waals surface area contributed by atoms with Crippen LogP contribution >= 0.6 is 67.9 Å². The van der Waals surface area contributed by atoms with Gasteiger partial charge in [-0.05, 0) is 45.2 Å². The lowest BCUT2D eigenvalue weighted by molar-refractivity contribution is 0.173. The predicted octanol–water partition coefficient (Wildman–Crippen LogP) is 3.38. The highest BCUT2D eigenvalue weighted by Gasteiger charge is 2.41. The summed E-state index contributed by atoms with van der Waals surface area (Å²) in [6.45, 7) is 7.21. The van der Waals surface area contributed by atoms with Crippen LogP contribution < -0.4 is 27.9 Å². The highest BCUT2D eigenvalue weighted by molar-refractivity contribution is 14.1. The first-order valence-electron chi connectivity index (χ1n) is 7.17. The van der Waals surface area contributed by atoms with Crippen LogP contribution in [-0.2, 0) is 0 Å². The lowest BCUT2D eigenvalue weighted by Crippen LogP contribution is -2.51. The molecule has 4 rings (SSSR count). The van der Waals surface area contributed by atoms with Gasteiger partial charge >= 0.3 is 0 Å². The van der Waals surface area contributed by atoms with E-state index in [4.69, 9.17) is 18.9 Å². The molecule has 2 aliphatic heterocycles. The summed E-state index contributed by atoms with van der Waals surface area (Å²) in [6, 6.07) is 0. The maximum atomic E-state index is 5.98. The van der Waals surface area contributed by atoms with Gasteiger partial charge < -0.3 is 18.9 Å². The van der Waals surface area contributed by atoms with Crippen molar-refractivity contribution in [2.24, 2.45) is 0 Å². The Labute approximate surface area is 170 Å². The Balaban J connectivity index is 1.86. The molecule has 0 atom stereocenters. The summed E-state index contributed by atoms with van der Waals surface area (Å²) in [5.74, 6) is 3.76. The molecule has 0 bridgehead atoms. The summed E-state index contributed by atoms with van der Waals surface area (Å²) < 4.78 is 28.6. The molecule has 0 unspecified atom stereocenters. The van der Waals surface area contributed by atoms with Gasteiger partial charge in [-0.15, -0.1) is 22.7 Å². The monoisotopic (exact) mass is 592 g/mol. The van der Waals surface area contributed by atoms with Crippen LogP contribution in [-0.4, -0.2) is 34.5 Å². The molecule has 0 fully saturated rings. The summed E-state index contributed by atoms with van der Waals surface area (Å²) in [7, 11) is -1.96. The molecule has 0 radical (unpaired) electrons. The van der Waals surface area contributed by atoms with Crippen LogP contribution in [0.25, 0.3) is 0 Å². The van der Waals surface area contributed by atoms with E-state index in [-0.39, 0.29) is 0 Å². The molecule has 4 nitrogen and oxygen atoms in total. The molecule has 0 aliphatic carbocycles. The van der Waals surface area contributed by atoms with E-state index in [1.807, 2.05) is 0 Å². The zero-order chi connectivity index (χ0) is 16.2. The first-order valence-corrected chi connectivity index (χ1v) is 14.0. The molecule has 0 N–H and O–H groups in total. The fourth-order valence-corrected chi connectivity index (χ4v) is 12.6. The number of fused-ring (bicyclic) bond motifs is 2. The van der Waals surface area contributed by atoms with Crippen LogP contribution in [0, 0.1) is 5.77 Å². The van der Waals surface area contributed by atoms with Crippen LogP contribution in [0.4, 0.5) is 0 Å². The average Bonchev–Trinajstić information content (AvgIpc) is 3.08. The van der Waals surface area contributed by atoms with E-state index >= 15 is 0 Å². The van der Waals surface area contributed by atoms with E-state index in [2.05, 4.69) is 58.3 Å². The van der Waals surface area contributed by atoms with E-state index in [0.29, 0.717) is 26.4 Å². The van der Waals surface area contributed by atoms with Crippen molar-refractivity contribution in [3.63, 3.8) is 0 Å². The Morgan fingerprint density at radius 3 is 1.43 bits per heavy atom.